The van der Waals surface area contributed by atoms with E-state index in [2.05, 4.69) is 16.7 Å². The molecule has 134 valence electrons. The molecule has 1 saturated carbocycles. The van der Waals surface area contributed by atoms with Crippen molar-refractivity contribution >= 4 is 0 Å². The molecule has 4 aliphatic rings. The van der Waals surface area contributed by atoms with Crippen LogP contribution in [0.2, 0.25) is 0 Å². The van der Waals surface area contributed by atoms with E-state index in [9.17, 15) is 5.11 Å². The second kappa shape index (κ2) is 6.76. The lowest BCUT2D eigenvalue weighted by molar-refractivity contribution is -0.0967. The minimum Gasteiger partial charge on any atom is -0.373 e. The predicted octanol–water partition coefficient (Wildman–Crippen LogP) is 3.18. The number of ether oxygens (including phenoxy) is 1. The Labute approximate surface area is 151 Å². The van der Waals surface area contributed by atoms with Gasteiger partial charge in [-0.3, -0.25) is 4.90 Å². The first kappa shape index (κ1) is 17.1. The average Bonchev–Trinajstić information content (AvgIpc) is 3.23. The van der Waals surface area contributed by atoms with Gasteiger partial charge in [0.2, 0.25) is 0 Å². The SMILES string of the molecule is COC1(C#CC(O)(c2ccccc2)C2CCCC2)CN2CCC1CC2. The highest BCUT2D eigenvalue weighted by Gasteiger charge is 2.47. The minimum absolute atomic E-state index is 0.220. The van der Waals surface area contributed by atoms with Gasteiger partial charge in [-0.15, -0.1) is 0 Å². The number of nitrogens with zero attached hydrogens (tertiary/aromatic N) is 1. The highest BCUT2D eigenvalue weighted by molar-refractivity contribution is 5.36. The Balaban J connectivity index is 1.71. The van der Waals surface area contributed by atoms with Crippen molar-refractivity contribution in [2.75, 3.05) is 26.7 Å². The van der Waals surface area contributed by atoms with Gasteiger partial charge in [0.15, 0.2) is 5.60 Å². The fraction of sp³-hybridized carbons (Fsp3) is 0.636. The van der Waals surface area contributed by atoms with Crippen LogP contribution in [0.4, 0.5) is 0 Å². The van der Waals surface area contributed by atoms with Crippen molar-refractivity contribution in [2.45, 2.75) is 49.7 Å². The molecule has 3 aliphatic heterocycles. The van der Waals surface area contributed by atoms with E-state index in [0.29, 0.717) is 5.92 Å². The van der Waals surface area contributed by atoms with E-state index in [1.54, 1.807) is 7.11 Å². The van der Waals surface area contributed by atoms with Crippen LogP contribution in [0.15, 0.2) is 30.3 Å². The van der Waals surface area contributed by atoms with Crippen LogP contribution in [-0.2, 0) is 10.3 Å². The van der Waals surface area contributed by atoms with Crippen LogP contribution in [0, 0.1) is 23.7 Å². The quantitative estimate of drug-likeness (QED) is 0.859. The second-order valence-electron chi connectivity index (χ2n) is 8.01. The van der Waals surface area contributed by atoms with Gasteiger partial charge >= 0.3 is 0 Å². The maximum Gasteiger partial charge on any atom is 0.153 e. The Kier molecular flexibility index (Phi) is 4.62. The Morgan fingerprint density at radius 2 is 1.80 bits per heavy atom. The maximum absolute atomic E-state index is 11.7. The molecule has 3 saturated heterocycles. The van der Waals surface area contributed by atoms with Gasteiger partial charge in [0.25, 0.3) is 0 Å². The fourth-order valence-electron chi connectivity index (χ4n) is 5.09. The van der Waals surface area contributed by atoms with E-state index in [1.165, 1.54) is 12.8 Å². The van der Waals surface area contributed by atoms with Gasteiger partial charge in [-0.05, 0) is 44.3 Å². The molecular formula is C22H29NO2. The number of piperidine rings is 3. The highest BCUT2D eigenvalue weighted by atomic mass is 16.5. The van der Waals surface area contributed by atoms with E-state index in [0.717, 1.165) is 50.9 Å². The number of aliphatic hydroxyl groups is 1. The minimum atomic E-state index is -1.06. The average molecular weight is 339 g/mol. The molecule has 5 rings (SSSR count). The van der Waals surface area contributed by atoms with E-state index in [1.807, 2.05) is 30.3 Å². The van der Waals surface area contributed by atoms with Crippen molar-refractivity contribution in [3.05, 3.63) is 35.9 Å². The molecule has 1 N–H and O–H groups in total. The van der Waals surface area contributed by atoms with E-state index in [4.69, 9.17) is 4.74 Å². The lowest BCUT2D eigenvalue weighted by Gasteiger charge is -2.50. The summed E-state index contributed by atoms with van der Waals surface area (Å²) in [5.74, 6) is 7.53. The van der Waals surface area contributed by atoms with Crippen molar-refractivity contribution in [1.82, 2.24) is 4.90 Å². The number of benzene rings is 1. The smallest absolute Gasteiger partial charge is 0.153 e. The molecule has 1 aromatic carbocycles. The molecule has 2 atom stereocenters. The van der Waals surface area contributed by atoms with Gasteiger partial charge < -0.3 is 9.84 Å². The fourth-order valence-corrected chi connectivity index (χ4v) is 5.09. The summed E-state index contributed by atoms with van der Waals surface area (Å²) in [4.78, 5) is 2.45. The number of methoxy groups -OCH3 is 1. The lowest BCUT2D eigenvalue weighted by atomic mass is 9.74. The molecule has 0 radical (unpaired) electrons. The number of hydrogen-bond donors (Lipinski definition) is 1. The van der Waals surface area contributed by atoms with Crippen LogP contribution in [0.5, 0.6) is 0 Å². The van der Waals surface area contributed by atoms with Crippen LogP contribution in [0.1, 0.15) is 44.1 Å². The van der Waals surface area contributed by atoms with Crippen molar-refractivity contribution < 1.29 is 9.84 Å². The summed E-state index contributed by atoms with van der Waals surface area (Å²) < 4.78 is 5.98. The summed E-state index contributed by atoms with van der Waals surface area (Å²) in [6.07, 6.45) is 6.78. The van der Waals surface area contributed by atoms with Crippen LogP contribution in [-0.4, -0.2) is 42.4 Å². The Morgan fingerprint density at radius 1 is 1.12 bits per heavy atom. The molecule has 0 amide bonds. The molecule has 1 aromatic rings. The zero-order valence-corrected chi connectivity index (χ0v) is 15.2. The van der Waals surface area contributed by atoms with Gasteiger partial charge in [0, 0.05) is 25.5 Å². The molecule has 2 bridgehead atoms. The van der Waals surface area contributed by atoms with E-state index >= 15 is 0 Å². The summed E-state index contributed by atoms with van der Waals surface area (Å²) in [6.45, 7) is 3.18. The summed E-state index contributed by atoms with van der Waals surface area (Å²) in [5.41, 5.74) is -0.547. The summed E-state index contributed by atoms with van der Waals surface area (Å²) in [6, 6.07) is 10.0. The molecule has 3 heteroatoms. The zero-order chi connectivity index (χ0) is 17.3. The lowest BCUT2D eigenvalue weighted by Crippen LogP contribution is -2.59. The Morgan fingerprint density at radius 3 is 2.36 bits per heavy atom. The van der Waals surface area contributed by atoms with Gasteiger partial charge in [-0.2, -0.15) is 0 Å². The zero-order valence-electron chi connectivity index (χ0n) is 15.2. The molecule has 2 unspecified atom stereocenters. The van der Waals surface area contributed by atoms with Crippen LogP contribution in [0.25, 0.3) is 0 Å². The molecule has 1 aliphatic carbocycles. The standard InChI is InChI=1S/C22H29NO2/c1-25-21(17-23-15-11-18(21)12-16-23)13-14-22(24,20-9-5-6-10-20)19-7-3-2-4-8-19/h2-4,7-8,18,20,24H,5-6,9-12,15-17H2,1H3. The summed E-state index contributed by atoms with van der Waals surface area (Å²) in [5, 5.41) is 11.7. The molecular weight excluding hydrogens is 310 g/mol. The van der Waals surface area contributed by atoms with Gasteiger partial charge in [0.1, 0.15) is 5.60 Å². The first-order valence-corrected chi connectivity index (χ1v) is 9.76. The second-order valence-corrected chi connectivity index (χ2v) is 8.01. The normalized spacial score (nSPS) is 34.3. The molecule has 0 spiro atoms. The first-order valence-electron chi connectivity index (χ1n) is 9.76. The Bertz CT molecular complexity index is 650. The first-order chi connectivity index (χ1) is 12.2. The van der Waals surface area contributed by atoms with Crippen LogP contribution < -0.4 is 0 Å². The number of fused-ring (bicyclic) bond motifs is 3. The van der Waals surface area contributed by atoms with Crippen molar-refractivity contribution in [3.63, 3.8) is 0 Å². The monoisotopic (exact) mass is 339 g/mol. The molecule has 4 fully saturated rings. The van der Waals surface area contributed by atoms with Crippen LogP contribution >= 0.6 is 0 Å². The third-order valence-corrected chi connectivity index (χ3v) is 6.69. The molecule has 3 heterocycles. The predicted molar refractivity (Wildman–Crippen MR) is 99.0 cm³/mol. The van der Waals surface area contributed by atoms with Gasteiger partial charge in [0.05, 0.1) is 0 Å². The maximum atomic E-state index is 11.7. The largest absolute Gasteiger partial charge is 0.373 e. The number of hydrogen-bond acceptors (Lipinski definition) is 3. The number of rotatable bonds is 3. The Hall–Kier alpha value is -1.34. The topological polar surface area (TPSA) is 32.7 Å². The van der Waals surface area contributed by atoms with Crippen LogP contribution in [0.3, 0.4) is 0 Å². The highest BCUT2D eigenvalue weighted by Crippen LogP contribution is 2.42. The third kappa shape index (κ3) is 3.01. The van der Waals surface area contributed by atoms with Gasteiger partial charge in [-0.1, -0.05) is 55.0 Å². The third-order valence-electron chi connectivity index (χ3n) is 6.69. The molecule has 3 nitrogen and oxygen atoms in total. The van der Waals surface area contributed by atoms with E-state index < -0.39 is 11.2 Å². The molecule has 25 heavy (non-hydrogen) atoms. The summed E-state index contributed by atoms with van der Waals surface area (Å²) >= 11 is 0. The van der Waals surface area contributed by atoms with E-state index in [-0.39, 0.29) is 5.92 Å². The van der Waals surface area contributed by atoms with Gasteiger partial charge in [-0.25, -0.2) is 0 Å². The summed E-state index contributed by atoms with van der Waals surface area (Å²) in [7, 11) is 1.79. The van der Waals surface area contributed by atoms with Crippen molar-refractivity contribution in [3.8, 4) is 11.8 Å². The van der Waals surface area contributed by atoms with Crippen molar-refractivity contribution in [2.24, 2.45) is 11.8 Å². The molecule has 0 aromatic heterocycles. The van der Waals surface area contributed by atoms with Crippen molar-refractivity contribution in [1.29, 1.82) is 0 Å².